The molecule has 2 rings (SSSR count). The van der Waals surface area contributed by atoms with Crippen molar-refractivity contribution in [2.24, 2.45) is 0 Å². The van der Waals surface area contributed by atoms with Gasteiger partial charge in [-0.1, -0.05) is 12.1 Å². The predicted molar refractivity (Wildman–Crippen MR) is 62.9 cm³/mol. The Morgan fingerprint density at radius 3 is 2.76 bits per heavy atom. The summed E-state index contributed by atoms with van der Waals surface area (Å²) in [6, 6.07) is 5.71. The fourth-order valence-corrected chi connectivity index (χ4v) is 2.06. The molecule has 0 spiro atoms. The van der Waals surface area contributed by atoms with E-state index in [1.54, 1.807) is 7.11 Å². The summed E-state index contributed by atoms with van der Waals surface area (Å²) in [6.07, 6.45) is 0.962. The maximum Gasteiger partial charge on any atom is 0.234 e. The maximum absolute atomic E-state index is 11.7. The summed E-state index contributed by atoms with van der Waals surface area (Å²) < 4.78 is 5.23. The fraction of sp³-hybridized carbons (Fsp3) is 0.385. The Morgan fingerprint density at radius 1 is 1.35 bits per heavy atom. The number of hydrogen-bond donors (Lipinski definition) is 1. The molecule has 1 fully saturated rings. The van der Waals surface area contributed by atoms with Crippen LogP contribution in [0.4, 0.5) is 0 Å². The molecule has 1 aliphatic rings. The lowest BCUT2D eigenvalue weighted by atomic mass is 9.90. The highest BCUT2D eigenvalue weighted by atomic mass is 16.5. The molecule has 90 valence electrons. The van der Waals surface area contributed by atoms with Crippen LogP contribution in [0.2, 0.25) is 0 Å². The Bertz CT molecular complexity index is 468. The number of benzene rings is 1. The number of nitrogens with one attached hydrogen (secondary N) is 1. The van der Waals surface area contributed by atoms with Crippen LogP contribution in [-0.4, -0.2) is 18.9 Å². The number of rotatable bonds is 2. The number of methoxy groups -OCH3 is 1. The Hall–Kier alpha value is -1.84. The first kappa shape index (κ1) is 11.6. The van der Waals surface area contributed by atoms with Gasteiger partial charge in [0.25, 0.3) is 0 Å². The molecule has 1 aromatic carbocycles. The minimum atomic E-state index is -0.248. The predicted octanol–water partition coefficient (Wildman–Crippen LogP) is 1.52. The van der Waals surface area contributed by atoms with E-state index in [2.05, 4.69) is 5.32 Å². The van der Waals surface area contributed by atoms with Crippen molar-refractivity contribution in [2.75, 3.05) is 7.11 Å². The van der Waals surface area contributed by atoms with Crippen LogP contribution >= 0.6 is 0 Å². The number of carbonyl (C=O) groups is 2. The Labute approximate surface area is 100.0 Å². The average molecular weight is 233 g/mol. The number of ether oxygens (including phenoxy) is 1. The van der Waals surface area contributed by atoms with Crippen molar-refractivity contribution in [3.05, 3.63) is 29.3 Å². The van der Waals surface area contributed by atoms with E-state index in [1.807, 2.05) is 25.1 Å². The first-order chi connectivity index (χ1) is 8.11. The third-order valence-corrected chi connectivity index (χ3v) is 3.07. The molecule has 1 atom stereocenters. The normalized spacial score (nSPS) is 20.0. The summed E-state index contributed by atoms with van der Waals surface area (Å²) in [7, 11) is 1.61. The number of hydrogen-bond acceptors (Lipinski definition) is 3. The minimum absolute atomic E-state index is 0.190. The highest BCUT2D eigenvalue weighted by Gasteiger charge is 2.28. The monoisotopic (exact) mass is 233 g/mol. The third-order valence-electron chi connectivity index (χ3n) is 3.07. The topological polar surface area (TPSA) is 55.4 Å². The van der Waals surface area contributed by atoms with Crippen LogP contribution in [0.3, 0.4) is 0 Å². The lowest BCUT2D eigenvalue weighted by molar-refractivity contribution is -0.134. The molecule has 0 bridgehead atoms. The number of piperidine rings is 1. The van der Waals surface area contributed by atoms with Gasteiger partial charge in [0.2, 0.25) is 11.8 Å². The van der Waals surface area contributed by atoms with Crippen molar-refractivity contribution >= 4 is 11.8 Å². The van der Waals surface area contributed by atoms with Crippen LogP contribution in [0.1, 0.15) is 29.9 Å². The van der Waals surface area contributed by atoms with Crippen molar-refractivity contribution in [3.63, 3.8) is 0 Å². The molecule has 1 N–H and O–H groups in total. The molecule has 1 aromatic rings. The van der Waals surface area contributed by atoms with Crippen molar-refractivity contribution < 1.29 is 14.3 Å². The number of amides is 2. The smallest absolute Gasteiger partial charge is 0.234 e. The van der Waals surface area contributed by atoms with Gasteiger partial charge in [0.1, 0.15) is 5.75 Å². The summed E-state index contributed by atoms with van der Waals surface area (Å²) >= 11 is 0. The Kier molecular flexibility index (Phi) is 3.13. The molecule has 1 aliphatic heterocycles. The van der Waals surface area contributed by atoms with Crippen molar-refractivity contribution in [2.45, 2.75) is 25.7 Å². The van der Waals surface area contributed by atoms with E-state index in [0.29, 0.717) is 12.8 Å². The van der Waals surface area contributed by atoms with Gasteiger partial charge in [-0.15, -0.1) is 0 Å². The van der Waals surface area contributed by atoms with Crippen LogP contribution < -0.4 is 10.1 Å². The van der Waals surface area contributed by atoms with Gasteiger partial charge in [-0.25, -0.2) is 0 Å². The fourth-order valence-electron chi connectivity index (χ4n) is 2.06. The van der Waals surface area contributed by atoms with Gasteiger partial charge in [-0.05, 0) is 30.5 Å². The van der Waals surface area contributed by atoms with Crippen LogP contribution in [0, 0.1) is 6.92 Å². The minimum Gasteiger partial charge on any atom is -0.496 e. The zero-order valence-corrected chi connectivity index (χ0v) is 9.95. The van der Waals surface area contributed by atoms with Gasteiger partial charge < -0.3 is 4.74 Å². The molecule has 0 aliphatic carbocycles. The lowest BCUT2D eigenvalue weighted by Gasteiger charge is -2.21. The van der Waals surface area contributed by atoms with Gasteiger partial charge in [0, 0.05) is 6.42 Å². The highest BCUT2D eigenvalue weighted by Crippen LogP contribution is 2.29. The zero-order valence-electron chi connectivity index (χ0n) is 9.95. The quantitative estimate of drug-likeness (QED) is 0.788. The molecule has 17 heavy (non-hydrogen) atoms. The second-order valence-corrected chi connectivity index (χ2v) is 4.23. The standard InChI is InChI=1S/C13H15NO3/c1-8-3-4-9(7-11(8)17-2)10-5-6-12(15)14-13(10)16/h3-4,7,10H,5-6H2,1-2H3,(H,14,15,16). The summed E-state index contributed by atoms with van der Waals surface area (Å²) in [5, 5.41) is 2.36. The molecule has 0 saturated carbocycles. The average Bonchev–Trinajstić information content (AvgIpc) is 2.30. The molecule has 1 saturated heterocycles. The van der Waals surface area contributed by atoms with E-state index in [1.165, 1.54) is 0 Å². The lowest BCUT2D eigenvalue weighted by Crippen LogP contribution is -2.39. The van der Waals surface area contributed by atoms with Gasteiger partial charge in [0.15, 0.2) is 0 Å². The highest BCUT2D eigenvalue weighted by molar-refractivity contribution is 6.00. The molecule has 4 nitrogen and oxygen atoms in total. The summed E-state index contributed by atoms with van der Waals surface area (Å²) in [4.78, 5) is 22.8. The number of carbonyl (C=O) groups excluding carboxylic acids is 2. The van der Waals surface area contributed by atoms with Crippen molar-refractivity contribution in [1.82, 2.24) is 5.32 Å². The van der Waals surface area contributed by atoms with E-state index in [-0.39, 0.29) is 17.7 Å². The molecule has 2 amide bonds. The van der Waals surface area contributed by atoms with E-state index >= 15 is 0 Å². The van der Waals surface area contributed by atoms with Crippen molar-refractivity contribution in [1.29, 1.82) is 0 Å². The van der Waals surface area contributed by atoms with Crippen LogP contribution in [0.15, 0.2) is 18.2 Å². The van der Waals surface area contributed by atoms with Gasteiger partial charge in [-0.3, -0.25) is 14.9 Å². The van der Waals surface area contributed by atoms with Crippen molar-refractivity contribution in [3.8, 4) is 5.75 Å². The Morgan fingerprint density at radius 2 is 2.12 bits per heavy atom. The largest absolute Gasteiger partial charge is 0.496 e. The first-order valence-corrected chi connectivity index (χ1v) is 5.60. The molecule has 1 unspecified atom stereocenters. The Balaban J connectivity index is 2.28. The molecular formula is C13H15NO3. The summed E-state index contributed by atoms with van der Waals surface area (Å²) in [5.74, 6) is 0.117. The third kappa shape index (κ3) is 2.30. The van der Waals surface area contributed by atoms with Gasteiger partial charge >= 0.3 is 0 Å². The van der Waals surface area contributed by atoms with Crippen LogP contribution in [-0.2, 0) is 9.59 Å². The van der Waals surface area contributed by atoms with Gasteiger partial charge in [0.05, 0.1) is 13.0 Å². The first-order valence-electron chi connectivity index (χ1n) is 5.60. The van der Waals surface area contributed by atoms with Gasteiger partial charge in [-0.2, -0.15) is 0 Å². The van der Waals surface area contributed by atoms with Crippen LogP contribution in [0.5, 0.6) is 5.75 Å². The molecule has 1 heterocycles. The second-order valence-electron chi connectivity index (χ2n) is 4.23. The van der Waals surface area contributed by atoms with Crippen LogP contribution in [0.25, 0.3) is 0 Å². The summed E-state index contributed by atoms with van der Waals surface area (Å²) in [5.41, 5.74) is 1.93. The molecule has 4 heteroatoms. The van der Waals surface area contributed by atoms with E-state index in [4.69, 9.17) is 4.74 Å². The van der Waals surface area contributed by atoms with E-state index < -0.39 is 0 Å². The van der Waals surface area contributed by atoms with E-state index in [0.717, 1.165) is 16.9 Å². The second kappa shape index (κ2) is 4.57. The number of imide groups is 1. The maximum atomic E-state index is 11.7. The SMILES string of the molecule is COc1cc(C2CCC(=O)NC2=O)ccc1C. The summed E-state index contributed by atoms with van der Waals surface area (Å²) in [6.45, 7) is 1.95. The number of aryl methyl sites for hydroxylation is 1. The molecular weight excluding hydrogens is 218 g/mol. The molecule has 0 aromatic heterocycles. The molecule has 0 radical (unpaired) electrons. The van der Waals surface area contributed by atoms with E-state index in [9.17, 15) is 9.59 Å². The zero-order chi connectivity index (χ0) is 12.4.